The van der Waals surface area contributed by atoms with Crippen LogP contribution in [0.3, 0.4) is 0 Å². The van der Waals surface area contributed by atoms with Crippen molar-refractivity contribution in [3.63, 3.8) is 0 Å². The minimum Gasteiger partial charge on any atom is -0.330 e. The molecule has 0 radical (unpaired) electrons. The van der Waals surface area contributed by atoms with E-state index in [0.717, 1.165) is 13.0 Å². The van der Waals surface area contributed by atoms with E-state index in [1.807, 2.05) is 6.08 Å². The van der Waals surface area contributed by atoms with Crippen LogP contribution < -0.4 is 5.73 Å². The molecular formula is C17H31N. The molecule has 0 spiro atoms. The zero-order chi connectivity index (χ0) is 13.3. The third-order valence-corrected chi connectivity index (χ3v) is 3.03. The number of allylic oxidation sites excluding steroid dienone is 2. The molecule has 2 N–H and O–H groups in total. The van der Waals surface area contributed by atoms with Crippen LogP contribution >= 0.6 is 0 Å². The van der Waals surface area contributed by atoms with Crippen LogP contribution in [-0.4, -0.2) is 6.54 Å². The second-order valence-electron chi connectivity index (χ2n) is 4.88. The number of nitrogens with two attached hydrogens (primary N) is 1. The predicted octanol–water partition coefficient (Wildman–Crippen LogP) is 4.82. The Labute approximate surface area is 114 Å². The molecule has 0 aromatic rings. The van der Waals surface area contributed by atoms with Crippen LogP contribution in [0.5, 0.6) is 0 Å². The lowest BCUT2D eigenvalue weighted by atomic mass is 10.1. The number of unbranched alkanes of at least 4 members (excludes halogenated alkanes) is 9. The second kappa shape index (κ2) is 16.3. The van der Waals surface area contributed by atoms with Gasteiger partial charge in [-0.3, -0.25) is 0 Å². The van der Waals surface area contributed by atoms with Crippen LogP contribution in [0.2, 0.25) is 0 Å². The molecule has 0 bridgehead atoms. The quantitative estimate of drug-likeness (QED) is 0.412. The van der Waals surface area contributed by atoms with Gasteiger partial charge in [-0.05, 0) is 38.3 Å². The Balaban J connectivity index is 3.20. The van der Waals surface area contributed by atoms with E-state index >= 15 is 0 Å². The molecule has 0 aromatic heterocycles. The maximum atomic E-state index is 5.45. The highest BCUT2D eigenvalue weighted by molar-refractivity contribution is 5.14. The van der Waals surface area contributed by atoms with Gasteiger partial charge in [-0.25, -0.2) is 0 Å². The summed E-state index contributed by atoms with van der Waals surface area (Å²) in [6, 6.07) is 0. The van der Waals surface area contributed by atoms with Crippen molar-refractivity contribution < 1.29 is 0 Å². The van der Waals surface area contributed by atoms with Crippen molar-refractivity contribution in [1.29, 1.82) is 0 Å². The van der Waals surface area contributed by atoms with Crippen LogP contribution in [0.1, 0.15) is 77.6 Å². The summed E-state index contributed by atoms with van der Waals surface area (Å²) in [7, 11) is 0. The van der Waals surface area contributed by atoms with E-state index in [0.29, 0.717) is 0 Å². The Morgan fingerprint density at radius 3 is 2.39 bits per heavy atom. The summed E-state index contributed by atoms with van der Waals surface area (Å²) in [6.45, 7) is 3.08. The first-order chi connectivity index (χ1) is 8.91. The summed E-state index contributed by atoms with van der Waals surface area (Å²) in [5.74, 6) is 6.34. The summed E-state index contributed by atoms with van der Waals surface area (Å²) < 4.78 is 0. The van der Waals surface area contributed by atoms with Gasteiger partial charge in [0.05, 0.1) is 0 Å². The summed E-state index contributed by atoms with van der Waals surface area (Å²) in [6.07, 6.45) is 18.1. The van der Waals surface area contributed by atoms with E-state index < -0.39 is 0 Å². The zero-order valence-corrected chi connectivity index (χ0v) is 12.2. The standard InChI is InChI=1S/C17H31N/c1-2-3-4-5-6-7-8-9-10-11-12-13-14-15-16-17-18/h7-8H,2-6,11-18H2,1H3/b8-7+. The molecule has 18 heavy (non-hydrogen) atoms. The van der Waals surface area contributed by atoms with Gasteiger partial charge >= 0.3 is 0 Å². The van der Waals surface area contributed by atoms with E-state index in [4.69, 9.17) is 5.73 Å². The van der Waals surface area contributed by atoms with Gasteiger partial charge in [0.2, 0.25) is 0 Å². The van der Waals surface area contributed by atoms with Crippen molar-refractivity contribution in [2.24, 2.45) is 5.73 Å². The van der Waals surface area contributed by atoms with Crippen molar-refractivity contribution in [1.82, 2.24) is 0 Å². The lowest BCUT2D eigenvalue weighted by Gasteiger charge is -1.96. The molecule has 0 fully saturated rings. The molecule has 0 aliphatic carbocycles. The van der Waals surface area contributed by atoms with Gasteiger partial charge in [0.1, 0.15) is 0 Å². The molecular weight excluding hydrogens is 218 g/mol. The van der Waals surface area contributed by atoms with Gasteiger partial charge in [0.15, 0.2) is 0 Å². The Morgan fingerprint density at radius 2 is 1.61 bits per heavy atom. The minimum absolute atomic E-state index is 0.836. The van der Waals surface area contributed by atoms with E-state index in [2.05, 4.69) is 24.8 Å². The van der Waals surface area contributed by atoms with Gasteiger partial charge in [-0.2, -0.15) is 0 Å². The Morgan fingerprint density at radius 1 is 0.889 bits per heavy atom. The number of rotatable bonds is 11. The largest absolute Gasteiger partial charge is 0.330 e. The summed E-state index contributed by atoms with van der Waals surface area (Å²) >= 11 is 0. The number of hydrogen-bond donors (Lipinski definition) is 1. The third-order valence-electron chi connectivity index (χ3n) is 3.03. The van der Waals surface area contributed by atoms with E-state index in [-0.39, 0.29) is 0 Å². The van der Waals surface area contributed by atoms with Crippen LogP contribution in [0, 0.1) is 11.8 Å². The molecule has 1 heteroatoms. The maximum absolute atomic E-state index is 5.45. The van der Waals surface area contributed by atoms with Gasteiger partial charge in [0.25, 0.3) is 0 Å². The summed E-state index contributed by atoms with van der Waals surface area (Å²) in [5, 5.41) is 0. The van der Waals surface area contributed by atoms with Crippen molar-refractivity contribution in [2.75, 3.05) is 6.54 Å². The van der Waals surface area contributed by atoms with E-state index in [9.17, 15) is 0 Å². The average molecular weight is 249 g/mol. The molecule has 0 rings (SSSR count). The van der Waals surface area contributed by atoms with Crippen LogP contribution in [0.15, 0.2) is 12.2 Å². The first-order valence-corrected chi connectivity index (χ1v) is 7.75. The van der Waals surface area contributed by atoms with Crippen molar-refractivity contribution in [3.8, 4) is 11.8 Å². The van der Waals surface area contributed by atoms with Gasteiger partial charge in [-0.1, -0.05) is 63.4 Å². The molecule has 0 aliphatic rings. The lowest BCUT2D eigenvalue weighted by molar-refractivity contribution is 0.625. The molecule has 0 amide bonds. The fourth-order valence-corrected chi connectivity index (χ4v) is 1.85. The molecule has 0 saturated heterocycles. The Bertz CT molecular complexity index is 232. The topological polar surface area (TPSA) is 26.0 Å². The molecule has 0 heterocycles. The smallest absolute Gasteiger partial charge is 0.00922 e. The first kappa shape index (κ1) is 17.3. The maximum Gasteiger partial charge on any atom is 0.00922 e. The lowest BCUT2D eigenvalue weighted by Crippen LogP contribution is -1.97. The van der Waals surface area contributed by atoms with Crippen LogP contribution in [-0.2, 0) is 0 Å². The average Bonchev–Trinajstić information content (AvgIpc) is 2.39. The highest BCUT2D eigenvalue weighted by atomic mass is 14.5. The van der Waals surface area contributed by atoms with Crippen molar-refractivity contribution in [2.45, 2.75) is 77.6 Å². The van der Waals surface area contributed by atoms with Gasteiger partial charge in [-0.15, -0.1) is 0 Å². The summed E-state index contributed by atoms with van der Waals surface area (Å²) in [4.78, 5) is 0. The monoisotopic (exact) mass is 249 g/mol. The second-order valence-corrected chi connectivity index (χ2v) is 4.88. The Kier molecular flexibility index (Phi) is 15.6. The molecule has 0 unspecified atom stereocenters. The van der Waals surface area contributed by atoms with Crippen LogP contribution in [0.25, 0.3) is 0 Å². The predicted molar refractivity (Wildman–Crippen MR) is 82.4 cm³/mol. The van der Waals surface area contributed by atoms with Crippen molar-refractivity contribution in [3.05, 3.63) is 12.2 Å². The van der Waals surface area contributed by atoms with Gasteiger partial charge in [0, 0.05) is 6.42 Å². The van der Waals surface area contributed by atoms with E-state index in [1.165, 1.54) is 64.2 Å². The van der Waals surface area contributed by atoms with Crippen molar-refractivity contribution >= 4 is 0 Å². The van der Waals surface area contributed by atoms with Gasteiger partial charge < -0.3 is 5.73 Å². The minimum atomic E-state index is 0.836. The highest BCUT2D eigenvalue weighted by Crippen LogP contribution is 2.04. The normalized spacial score (nSPS) is 10.6. The molecule has 0 saturated carbocycles. The number of hydrogen-bond acceptors (Lipinski definition) is 1. The first-order valence-electron chi connectivity index (χ1n) is 7.75. The summed E-state index contributed by atoms with van der Waals surface area (Å²) in [5.41, 5.74) is 5.45. The van der Waals surface area contributed by atoms with Crippen LogP contribution in [0.4, 0.5) is 0 Å². The highest BCUT2D eigenvalue weighted by Gasteiger charge is 1.87. The Hall–Kier alpha value is -0.740. The fraction of sp³-hybridized carbons (Fsp3) is 0.765. The van der Waals surface area contributed by atoms with E-state index in [1.54, 1.807) is 0 Å². The molecule has 104 valence electrons. The SMILES string of the molecule is CCCCCC/C=C/C#CCCCCCCCN. The molecule has 0 atom stereocenters. The molecule has 1 nitrogen and oxygen atoms in total. The molecule has 0 aromatic carbocycles. The molecule has 0 aliphatic heterocycles. The zero-order valence-electron chi connectivity index (χ0n) is 12.2. The fourth-order valence-electron chi connectivity index (χ4n) is 1.85. The third kappa shape index (κ3) is 15.3.